The van der Waals surface area contributed by atoms with Crippen molar-refractivity contribution >= 4 is 28.7 Å². The van der Waals surface area contributed by atoms with Gasteiger partial charge in [-0.2, -0.15) is 0 Å². The number of imidazole rings is 1. The van der Waals surface area contributed by atoms with E-state index in [1.165, 1.54) is 11.8 Å². The molecular weight excluding hydrogens is 358 g/mol. The van der Waals surface area contributed by atoms with Crippen LogP contribution in [0.5, 0.6) is 5.75 Å². The van der Waals surface area contributed by atoms with E-state index < -0.39 is 0 Å². The maximum Gasteiger partial charge on any atom is 0.240 e. The van der Waals surface area contributed by atoms with Gasteiger partial charge in [-0.15, -0.1) is 0 Å². The average molecular weight is 384 g/mol. The van der Waals surface area contributed by atoms with Gasteiger partial charge >= 0.3 is 0 Å². The van der Waals surface area contributed by atoms with E-state index in [-0.39, 0.29) is 11.2 Å². The number of thioether (sulfide) groups is 1. The minimum absolute atomic E-state index is 0.103. The Bertz CT molecular complexity index is 891. The van der Waals surface area contributed by atoms with Crippen molar-refractivity contribution in [3.63, 3.8) is 0 Å². The molecule has 0 aliphatic heterocycles. The predicted molar refractivity (Wildman–Crippen MR) is 110 cm³/mol. The smallest absolute Gasteiger partial charge is 0.240 e. The summed E-state index contributed by atoms with van der Waals surface area (Å²) in [4.78, 5) is 22.9. The van der Waals surface area contributed by atoms with Crippen LogP contribution in [0.1, 0.15) is 31.6 Å². The third-order valence-electron chi connectivity index (χ3n) is 4.37. The van der Waals surface area contributed by atoms with Gasteiger partial charge in [0, 0.05) is 19.2 Å². The topological polar surface area (TPSA) is 58.2 Å². The summed E-state index contributed by atoms with van der Waals surface area (Å²) in [6, 6.07) is 15.7. The fourth-order valence-electron chi connectivity index (χ4n) is 2.98. The summed E-state index contributed by atoms with van der Waals surface area (Å²) >= 11 is 1.46. The van der Waals surface area contributed by atoms with Gasteiger partial charge in [0.05, 0.1) is 17.6 Å². The molecule has 2 aromatic carbocycles. The second kappa shape index (κ2) is 8.95. The Balaban J connectivity index is 1.91. The second-order valence-electron chi connectivity index (χ2n) is 6.07. The lowest BCUT2D eigenvalue weighted by Crippen LogP contribution is -2.33. The molecule has 3 rings (SSSR count). The number of benzene rings is 2. The molecule has 0 aliphatic carbocycles. The van der Waals surface area contributed by atoms with Crippen molar-refractivity contribution in [3.05, 3.63) is 54.1 Å². The number of aromatic amines is 1. The van der Waals surface area contributed by atoms with Crippen molar-refractivity contribution in [3.8, 4) is 5.75 Å². The van der Waals surface area contributed by atoms with Crippen LogP contribution in [0.3, 0.4) is 0 Å². The summed E-state index contributed by atoms with van der Waals surface area (Å²) < 4.78 is 5.56. The summed E-state index contributed by atoms with van der Waals surface area (Å²) in [5.41, 5.74) is 2.75. The lowest BCUT2D eigenvalue weighted by Gasteiger charge is -2.24. The quantitative estimate of drug-likeness (QED) is 0.575. The molecule has 3 aromatic rings. The highest BCUT2D eigenvalue weighted by Gasteiger charge is 2.26. The van der Waals surface area contributed by atoms with E-state index in [9.17, 15) is 4.79 Å². The van der Waals surface area contributed by atoms with Gasteiger partial charge in [-0.1, -0.05) is 42.1 Å². The normalized spacial score (nSPS) is 12.1. The highest BCUT2D eigenvalue weighted by molar-refractivity contribution is 8.00. The molecule has 1 amide bonds. The Morgan fingerprint density at radius 2 is 1.89 bits per heavy atom. The summed E-state index contributed by atoms with van der Waals surface area (Å²) in [5, 5.41) is 0.394. The number of fused-ring (bicyclic) bond motifs is 1. The lowest BCUT2D eigenvalue weighted by atomic mass is 10.1. The molecule has 0 aliphatic rings. The molecule has 1 aromatic heterocycles. The van der Waals surface area contributed by atoms with Crippen molar-refractivity contribution in [1.82, 2.24) is 14.9 Å². The number of rotatable bonds is 8. The molecule has 0 fully saturated rings. The maximum atomic E-state index is 13.1. The predicted octanol–water partition coefficient (Wildman–Crippen LogP) is 4.66. The fourth-order valence-corrected chi connectivity index (χ4v) is 4.07. The van der Waals surface area contributed by atoms with E-state index in [2.05, 4.69) is 9.97 Å². The number of carbonyl (C=O) groups excluding carboxylic acids is 1. The molecule has 0 bridgehead atoms. The first-order chi connectivity index (χ1) is 13.2. The van der Waals surface area contributed by atoms with Crippen LogP contribution in [0, 0.1) is 0 Å². The van der Waals surface area contributed by atoms with Crippen molar-refractivity contribution in [2.24, 2.45) is 0 Å². The van der Waals surface area contributed by atoms with E-state index >= 15 is 0 Å². The molecule has 1 heterocycles. The minimum atomic E-state index is -0.335. The highest BCUT2D eigenvalue weighted by Crippen LogP contribution is 2.36. The molecule has 6 heteroatoms. The Hall–Kier alpha value is -2.47. The fraction of sp³-hybridized carbons (Fsp3) is 0.333. The van der Waals surface area contributed by atoms with Crippen LogP contribution >= 0.6 is 11.8 Å². The van der Waals surface area contributed by atoms with E-state index in [1.807, 2.05) is 74.2 Å². The number of hydrogen-bond donors (Lipinski definition) is 1. The van der Waals surface area contributed by atoms with Crippen LogP contribution in [0.4, 0.5) is 0 Å². The number of amides is 1. The van der Waals surface area contributed by atoms with Crippen molar-refractivity contribution < 1.29 is 9.53 Å². The van der Waals surface area contributed by atoms with Crippen molar-refractivity contribution in [2.75, 3.05) is 19.7 Å². The largest absolute Gasteiger partial charge is 0.494 e. The Morgan fingerprint density at radius 1 is 1.15 bits per heavy atom. The summed E-state index contributed by atoms with van der Waals surface area (Å²) in [6.45, 7) is 7.97. The van der Waals surface area contributed by atoms with Gasteiger partial charge in [0.2, 0.25) is 5.91 Å². The highest BCUT2D eigenvalue weighted by atomic mass is 32.2. The number of nitrogens with one attached hydrogen (secondary N) is 1. The molecule has 0 unspecified atom stereocenters. The molecule has 0 radical (unpaired) electrons. The number of carbonyl (C=O) groups is 1. The first-order valence-electron chi connectivity index (χ1n) is 9.29. The standard InChI is InChI=1S/C21H25N3O2S/c1-4-24(5-2)20(25)19(15-10-8-7-9-11-15)27-21-22-17-13-12-16(26-6-3)14-18(17)23-21/h7-14,19H,4-6H2,1-3H3,(H,22,23)/t19-/m1/s1. The van der Waals surface area contributed by atoms with Gasteiger partial charge in [0.15, 0.2) is 5.16 Å². The van der Waals surface area contributed by atoms with Gasteiger partial charge in [-0.25, -0.2) is 4.98 Å². The first kappa shape index (κ1) is 19.3. The van der Waals surface area contributed by atoms with Gasteiger partial charge in [-0.05, 0) is 38.5 Å². The zero-order valence-electron chi connectivity index (χ0n) is 15.9. The Kier molecular flexibility index (Phi) is 6.40. The molecule has 0 saturated carbocycles. The van der Waals surface area contributed by atoms with E-state index in [1.54, 1.807) is 0 Å². The molecule has 0 saturated heterocycles. The zero-order chi connectivity index (χ0) is 19.2. The van der Waals surface area contributed by atoms with Crippen LogP contribution in [-0.2, 0) is 4.79 Å². The average Bonchev–Trinajstić information content (AvgIpc) is 3.10. The summed E-state index contributed by atoms with van der Waals surface area (Å²) in [6.07, 6.45) is 0. The molecule has 0 spiro atoms. The number of likely N-dealkylation sites (N-methyl/N-ethyl adjacent to an activating group) is 1. The van der Waals surface area contributed by atoms with Gasteiger partial charge in [-0.3, -0.25) is 4.79 Å². The Labute approximate surface area is 164 Å². The van der Waals surface area contributed by atoms with Crippen molar-refractivity contribution in [1.29, 1.82) is 0 Å². The van der Waals surface area contributed by atoms with Gasteiger partial charge in [0.25, 0.3) is 0 Å². The van der Waals surface area contributed by atoms with Gasteiger partial charge in [0.1, 0.15) is 11.0 Å². The van der Waals surface area contributed by atoms with E-state index in [0.717, 1.165) is 27.5 Å². The van der Waals surface area contributed by atoms with Crippen LogP contribution in [0.25, 0.3) is 11.0 Å². The van der Waals surface area contributed by atoms with E-state index in [0.29, 0.717) is 19.7 Å². The summed E-state index contributed by atoms with van der Waals surface area (Å²) in [5.74, 6) is 0.913. The Morgan fingerprint density at radius 3 is 2.56 bits per heavy atom. The number of hydrogen-bond acceptors (Lipinski definition) is 4. The number of aromatic nitrogens is 2. The first-order valence-corrected chi connectivity index (χ1v) is 10.2. The molecule has 1 atom stereocenters. The summed E-state index contributed by atoms with van der Waals surface area (Å²) in [7, 11) is 0. The molecule has 1 N–H and O–H groups in total. The van der Waals surface area contributed by atoms with E-state index in [4.69, 9.17) is 4.74 Å². The third-order valence-corrected chi connectivity index (χ3v) is 5.50. The zero-order valence-corrected chi connectivity index (χ0v) is 16.8. The molecule has 142 valence electrons. The molecule has 5 nitrogen and oxygen atoms in total. The van der Waals surface area contributed by atoms with Crippen LogP contribution < -0.4 is 4.74 Å². The van der Waals surface area contributed by atoms with Crippen molar-refractivity contribution in [2.45, 2.75) is 31.2 Å². The lowest BCUT2D eigenvalue weighted by molar-refractivity contribution is -0.130. The second-order valence-corrected chi connectivity index (χ2v) is 7.17. The van der Waals surface area contributed by atoms with Crippen LogP contribution in [-0.4, -0.2) is 40.5 Å². The molecule has 27 heavy (non-hydrogen) atoms. The minimum Gasteiger partial charge on any atom is -0.494 e. The number of ether oxygens (including phenoxy) is 1. The van der Waals surface area contributed by atoms with Gasteiger partial charge < -0.3 is 14.6 Å². The number of H-pyrrole nitrogens is 1. The monoisotopic (exact) mass is 383 g/mol. The number of nitrogens with zero attached hydrogens (tertiary/aromatic N) is 2. The SMILES string of the molecule is CCOc1ccc2nc(S[C@@H](C(=O)N(CC)CC)c3ccccc3)[nH]c2c1. The van der Waals surface area contributed by atoms with Crippen LogP contribution in [0.15, 0.2) is 53.7 Å². The molecular formula is C21H25N3O2S. The maximum absolute atomic E-state index is 13.1. The van der Waals surface area contributed by atoms with Crippen LogP contribution in [0.2, 0.25) is 0 Å². The third kappa shape index (κ3) is 4.45.